The van der Waals surface area contributed by atoms with Gasteiger partial charge in [-0.3, -0.25) is 19.2 Å². The van der Waals surface area contributed by atoms with Crippen molar-refractivity contribution in [3.63, 3.8) is 0 Å². The Bertz CT molecular complexity index is 2190. The molecule has 436 valence electrons. The van der Waals surface area contributed by atoms with E-state index in [1.807, 2.05) is 64.1 Å². The number of carbonyl (C=O) groups excluding carboxylic acids is 5. The molecule has 1 aliphatic carbocycles. The van der Waals surface area contributed by atoms with Crippen LogP contribution in [0, 0.1) is 35.5 Å². The number of cyclic esters (lactones) is 1. The molecule has 1 aromatic carbocycles. The van der Waals surface area contributed by atoms with Crippen molar-refractivity contribution in [1.82, 2.24) is 4.90 Å². The van der Waals surface area contributed by atoms with Gasteiger partial charge in [0.2, 0.25) is 5.79 Å². The first kappa shape index (κ1) is 64.6. The maximum Gasteiger partial charge on any atom is 0.329 e. The second kappa shape index (κ2) is 32.3. The summed E-state index contributed by atoms with van der Waals surface area (Å²) in [6.07, 6.45) is 15.4. The smallest absolute Gasteiger partial charge is 0.329 e. The van der Waals surface area contributed by atoms with E-state index in [9.17, 15) is 39.3 Å². The molecule has 0 radical (unpaired) electrons. The van der Waals surface area contributed by atoms with Crippen molar-refractivity contribution in [2.24, 2.45) is 35.5 Å². The summed E-state index contributed by atoms with van der Waals surface area (Å²) < 4.78 is 36.9. The average Bonchev–Trinajstić information content (AvgIpc) is 3.48. The zero-order valence-corrected chi connectivity index (χ0v) is 48.4. The highest BCUT2D eigenvalue weighted by Gasteiger charge is 2.53. The Morgan fingerprint density at radius 1 is 0.808 bits per heavy atom. The van der Waals surface area contributed by atoms with Crippen LogP contribution in [0.5, 0.6) is 0 Å². The summed E-state index contributed by atoms with van der Waals surface area (Å²) in [5, 5.41) is 33.3. The number of ketones is 3. The lowest BCUT2D eigenvalue weighted by Crippen LogP contribution is -2.61. The summed E-state index contributed by atoms with van der Waals surface area (Å²) in [6.45, 7) is 13.6. The molecule has 5 rings (SSSR count). The topological polar surface area (TPSA) is 205 Å². The average molecular weight is 1090 g/mol. The third-order valence-corrected chi connectivity index (χ3v) is 16.8. The van der Waals surface area contributed by atoms with Gasteiger partial charge in [-0.1, -0.05) is 101 Å². The number of rotatable bonds is 15. The van der Waals surface area contributed by atoms with Crippen molar-refractivity contribution in [2.45, 2.75) is 206 Å². The summed E-state index contributed by atoms with van der Waals surface area (Å²) in [5.41, 5.74) is 2.54. The van der Waals surface area contributed by atoms with Gasteiger partial charge in [0, 0.05) is 71.2 Å². The number of unbranched alkanes of at least 4 members (excludes halogenated alkanes) is 1. The number of carbonyl (C=O) groups is 5. The first-order valence-electron chi connectivity index (χ1n) is 29.2. The number of esters is 1. The Morgan fingerprint density at radius 2 is 1.55 bits per heavy atom. The fourth-order valence-corrected chi connectivity index (χ4v) is 11.8. The van der Waals surface area contributed by atoms with E-state index in [0.29, 0.717) is 57.1 Å². The maximum atomic E-state index is 14.7. The van der Waals surface area contributed by atoms with Crippen molar-refractivity contribution in [3.8, 4) is 0 Å². The SMILES string of the molecule is CO[C@@H]1C[C@H](C[C@@H](C)[C@@H]2CC(=O)[C@H](C)/C=C(\C)[C@@H](O)[C@@H](OC)C(=O)[C@H](C)C[C@H](C)/C=C/C=C/C=C(\C)[C@@H](OCCCO)C[C@@H]3CC[C@@H](C)[C@@](O)(O3)C(=O)C(=O)N3CCCC[C@H]3C(=O)O2)CC[C@H]1OCCCCc1ccccc1. The summed E-state index contributed by atoms with van der Waals surface area (Å²) >= 11 is 0. The molecule has 0 spiro atoms. The quantitative estimate of drug-likeness (QED) is 0.0649. The van der Waals surface area contributed by atoms with Crippen LogP contribution in [0.4, 0.5) is 0 Å². The number of ether oxygens (including phenoxy) is 6. The van der Waals surface area contributed by atoms with Crippen molar-refractivity contribution >= 4 is 29.2 Å². The number of aliphatic hydroxyl groups excluding tert-OH is 2. The van der Waals surface area contributed by atoms with Crippen LogP contribution < -0.4 is 0 Å². The number of hydrogen-bond donors (Lipinski definition) is 3. The number of amides is 1. The van der Waals surface area contributed by atoms with Gasteiger partial charge in [0.15, 0.2) is 5.78 Å². The van der Waals surface area contributed by atoms with Gasteiger partial charge in [0.25, 0.3) is 11.7 Å². The van der Waals surface area contributed by atoms with Gasteiger partial charge in [-0.05, 0) is 138 Å². The number of aliphatic hydroxyl groups is 3. The Morgan fingerprint density at radius 3 is 2.27 bits per heavy atom. The molecule has 15 atom stereocenters. The van der Waals surface area contributed by atoms with Crippen LogP contribution in [0.3, 0.4) is 0 Å². The van der Waals surface area contributed by atoms with Crippen LogP contribution in [-0.4, -0.2) is 145 Å². The summed E-state index contributed by atoms with van der Waals surface area (Å²) in [5.74, 6) is -8.03. The molecule has 3 N–H and O–H groups in total. The molecule has 1 aromatic rings. The number of methoxy groups -OCH3 is 2. The molecule has 2 saturated heterocycles. The van der Waals surface area contributed by atoms with Gasteiger partial charge in [0.05, 0.1) is 24.4 Å². The lowest BCUT2D eigenvalue weighted by atomic mass is 9.78. The largest absolute Gasteiger partial charge is 0.460 e. The normalized spacial score (nSPS) is 35.6. The number of hydrogen-bond acceptors (Lipinski definition) is 14. The first-order chi connectivity index (χ1) is 37.3. The van der Waals surface area contributed by atoms with Crippen molar-refractivity contribution in [1.29, 1.82) is 0 Å². The second-order valence-electron chi connectivity index (χ2n) is 23.1. The molecule has 4 aliphatic rings. The summed E-state index contributed by atoms with van der Waals surface area (Å²) in [6, 6.07) is 9.26. The van der Waals surface area contributed by atoms with E-state index < -0.39 is 77.8 Å². The molecule has 0 aromatic heterocycles. The van der Waals surface area contributed by atoms with Gasteiger partial charge in [-0.2, -0.15) is 0 Å². The molecule has 2 bridgehead atoms. The Kier molecular flexibility index (Phi) is 26.8. The third kappa shape index (κ3) is 18.7. The number of piperidine rings is 1. The molecule has 78 heavy (non-hydrogen) atoms. The van der Waals surface area contributed by atoms with E-state index in [4.69, 9.17) is 28.4 Å². The van der Waals surface area contributed by atoms with Gasteiger partial charge < -0.3 is 48.6 Å². The van der Waals surface area contributed by atoms with E-state index in [0.717, 1.165) is 44.1 Å². The van der Waals surface area contributed by atoms with Crippen LogP contribution >= 0.6 is 0 Å². The fraction of sp³-hybridized carbons (Fsp3) is 0.698. The van der Waals surface area contributed by atoms with Gasteiger partial charge in [-0.15, -0.1) is 0 Å². The van der Waals surface area contributed by atoms with Gasteiger partial charge >= 0.3 is 5.97 Å². The van der Waals surface area contributed by atoms with Gasteiger partial charge in [0.1, 0.15) is 30.1 Å². The van der Waals surface area contributed by atoms with Crippen LogP contribution in [0.1, 0.15) is 150 Å². The lowest BCUT2D eigenvalue weighted by molar-refractivity contribution is -0.266. The molecule has 15 nitrogen and oxygen atoms in total. The Hall–Kier alpha value is -4.19. The minimum atomic E-state index is -2.47. The zero-order chi connectivity index (χ0) is 56.9. The fourth-order valence-electron chi connectivity index (χ4n) is 11.8. The molecule has 1 amide bonds. The van der Waals surface area contributed by atoms with E-state index >= 15 is 0 Å². The predicted molar refractivity (Wildman–Crippen MR) is 299 cm³/mol. The first-order valence-corrected chi connectivity index (χ1v) is 29.2. The molecular formula is C63H95NO14. The maximum absolute atomic E-state index is 14.7. The molecule has 3 heterocycles. The van der Waals surface area contributed by atoms with Crippen molar-refractivity contribution in [2.75, 3.05) is 40.6 Å². The highest BCUT2D eigenvalue weighted by molar-refractivity contribution is 6.39. The minimum Gasteiger partial charge on any atom is -0.460 e. The molecule has 1 saturated carbocycles. The Balaban J connectivity index is 1.41. The lowest BCUT2D eigenvalue weighted by Gasteiger charge is -2.43. The van der Waals surface area contributed by atoms with Crippen LogP contribution in [-0.2, 0) is 58.8 Å². The minimum absolute atomic E-state index is 0.00597. The number of benzene rings is 1. The zero-order valence-electron chi connectivity index (χ0n) is 48.4. The second-order valence-corrected chi connectivity index (χ2v) is 23.1. The van der Waals surface area contributed by atoms with E-state index in [2.05, 4.69) is 24.3 Å². The number of aryl methyl sites for hydroxylation is 1. The summed E-state index contributed by atoms with van der Waals surface area (Å²) in [7, 11) is 3.09. The van der Waals surface area contributed by atoms with Crippen LogP contribution in [0.15, 0.2) is 77.9 Å². The van der Waals surface area contributed by atoms with E-state index in [1.54, 1.807) is 34.0 Å². The standard InChI is InChI=1S/C63H95NO14/c1-41-21-12-10-13-22-42(2)54(76-34-20-32-65)39-50-29-27-47(7)63(72,78-50)60(69)61(70)64-31-18-16-26-51(64)62(71)77-55(40-52(66)43(3)36-46(6)58(68)59(74-9)57(67)45(5)35-41)44(4)37-49-28-30-53(56(38-49)73-8)75-33-19-17-25-48-23-14-11-15-24-48/h10-15,21-24,36,41,43-45,47,49-51,53-56,58-59,65,68,72H,16-20,25-35,37-40H2,1-9H3/b13-10+,21-12+,42-22+,46-36+/t41-,43-,44-,45-,47-,49+,50+,51+,53-,54+,55+,56-,58-,59+,63-/m1/s1. The number of fused-ring (bicyclic) bond motifs is 3. The highest BCUT2D eigenvalue weighted by atomic mass is 16.6. The number of Topliss-reactive ketones (excluding diaryl/α,β-unsaturated/α-hetero) is 3. The Labute approximate surface area is 465 Å². The van der Waals surface area contributed by atoms with Crippen molar-refractivity contribution in [3.05, 3.63) is 83.5 Å². The van der Waals surface area contributed by atoms with E-state index in [1.165, 1.54) is 17.6 Å². The molecular weight excluding hydrogens is 995 g/mol. The molecule has 3 aliphatic heterocycles. The monoisotopic (exact) mass is 1090 g/mol. The van der Waals surface area contributed by atoms with Crippen LogP contribution in [0.2, 0.25) is 0 Å². The van der Waals surface area contributed by atoms with Crippen molar-refractivity contribution < 1.29 is 67.7 Å². The molecule has 3 fully saturated rings. The third-order valence-electron chi connectivity index (χ3n) is 16.8. The van der Waals surface area contributed by atoms with E-state index in [-0.39, 0.29) is 80.5 Å². The molecule has 0 unspecified atom stereocenters. The number of allylic oxidation sites excluding steroid dienone is 6. The summed E-state index contributed by atoms with van der Waals surface area (Å²) in [4.78, 5) is 73.1. The highest BCUT2D eigenvalue weighted by Crippen LogP contribution is 2.38. The molecule has 15 heteroatoms. The van der Waals surface area contributed by atoms with Crippen LogP contribution in [0.25, 0.3) is 0 Å². The predicted octanol–water partition coefficient (Wildman–Crippen LogP) is 8.98. The number of nitrogens with zero attached hydrogens (tertiary/aromatic N) is 1. The van der Waals surface area contributed by atoms with Gasteiger partial charge in [-0.25, -0.2) is 4.79 Å².